The van der Waals surface area contributed by atoms with Crippen LogP contribution in [0.15, 0.2) is 54.6 Å². The second-order valence-electron chi connectivity index (χ2n) is 5.99. The Morgan fingerprint density at radius 3 is 2.58 bits per heavy atom. The molecule has 1 amide bonds. The Labute approximate surface area is 150 Å². The standard InChI is InChI=1S/C20H20F3NO2/c1-14(2)26-18-8-4-5-15(12-18)9-10-19(25)24-13-16-6-3-7-17(11-16)20(21,22)23/h3-12,14H,13H2,1-2H3,(H,24,25)/b10-9+. The molecule has 3 nitrogen and oxygen atoms in total. The summed E-state index contributed by atoms with van der Waals surface area (Å²) in [6, 6.07) is 12.1. The van der Waals surface area contributed by atoms with E-state index in [0.717, 1.165) is 17.7 Å². The molecule has 0 aliphatic rings. The van der Waals surface area contributed by atoms with E-state index in [1.54, 1.807) is 12.1 Å². The third-order valence-electron chi connectivity index (χ3n) is 3.38. The molecule has 138 valence electrons. The first kappa shape index (κ1) is 19.6. The molecular weight excluding hydrogens is 343 g/mol. The number of rotatable bonds is 6. The molecule has 1 N–H and O–H groups in total. The minimum atomic E-state index is -4.40. The van der Waals surface area contributed by atoms with Crippen molar-refractivity contribution in [3.05, 3.63) is 71.3 Å². The normalized spacial score (nSPS) is 11.8. The van der Waals surface area contributed by atoms with Crippen molar-refractivity contribution >= 4 is 12.0 Å². The summed E-state index contributed by atoms with van der Waals surface area (Å²) in [5, 5.41) is 2.57. The fourth-order valence-electron chi connectivity index (χ4n) is 2.24. The van der Waals surface area contributed by atoms with E-state index >= 15 is 0 Å². The van der Waals surface area contributed by atoms with Crippen LogP contribution in [-0.4, -0.2) is 12.0 Å². The number of halogens is 3. The molecule has 0 bridgehead atoms. The molecule has 0 aliphatic heterocycles. The molecule has 0 heterocycles. The third-order valence-corrected chi connectivity index (χ3v) is 3.38. The monoisotopic (exact) mass is 363 g/mol. The predicted molar refractivity (Wildman–Crippen MR) is 94.5 cm³/mol. The maximum atomic E-state index is 12.7. The van der Waals surface area contributed by atoms with E-state index < -0.39 is 17.6 Å². The van der Waals surface area contributed by atoms with Gasteiger partial charge in [-0.05, 0) is 55.3 Å². The fourth-order valence-corrected chi connectivity index (χ4v) is 2.24. The van der Waals surface area contributed by atoms with Crippen molar-refractivity contribution < 1.29 is 22.7 Å². The van der Waals surface area contributed by atoms with Crippen molar-refractivity contribution in [2.75, 3.05) is 0 Å². The summed E-state index contributed by atoms with van der Waals surface area (Å²) < 4.78 is 43.6. The lowest BCUT2D eigenvalue weighted by Gasteiger charge is -2.10. The van der Waals surface area contributed by atoms with Crippen molar-refractivity contribution in [3.63, 3.8) is 0 Å². The van der Waals surface area contributed by atoms with Crippen LogP contribution >= 0.6 is 0 Å². The van der Waals surface area contributed by atoms with Gasteiger partial charge in [0.05, 0.1) is 11.7 Å². The van der Waals surface area contributed by atoms with Gasteiger partial charge in [0.15, 0.2) is 0 Å². The zero-order valence-corrected chi connectivity index (χ0v) is 14.5. The highest BCUT2D eigenvalue weighted by Gasteiger charge is 2.30. The van der Waals surface area contributed by atoms with Crippen LogP contribution in [0.3, 0.4) is 0 Å². The van der Waals surface area contributed by atoms with Crippen LogP contribution in [0.25, 0.3) is 6.08 Å². The molecule has 0 fully saturated rings. The number of alkyl halides is 3. The van der Waals surface area contributed by atoms with E-state index in [0.29, 0.717) is 11.3 Å². The molecular formula is C20H20F3NO2. The second kappa shape index (κ2) is 8.56. The van der Waals surface area contributed by atoms with E-state index in [-0.39, 0.29) is 12.6 Å². The van der Waals surface area contributed by atoms with Gasteiger partial charge in [-0.1, -0.05) is 24.3 Å². The predicted octanol–water partition coefficient (Wildman–Crippen LogP) is 4.82. The lowest BCUT2D eigenvalue weighted by molar-refractivity contribution is -0.137. The molecule has 26 heavy (non-hydrogen) atoms. The second-order valence-corrected chi connectivity index (χ2v) is 5.99. The molecule has 2 aromatic rings. The molecule has 0 atom stereocenters. The number of hydrogen-bond donors (Lipinski definition) is 1. The largest absolute Gasteiger partial charge is 0.491 e. The SMILES string of the molecule is CC(C)Oc1cccc(/C=C/C(=O)NCc2cccc(C(F)(F)F)c2)c1. The zero-order valence-electron chi connectivity index (χ0n) is 14.5. The number of nitrogens with one attached hydrogen (secondary N) is 1. The zero-order chi connectivity index (χ0) is 19.2. The van der Waals surface area contributed by atoms with Gasteiger partial charge in [0, 0.05) is 12.6 Å². The van der Waals surface area contributed by atoms with Crippen LogP contribution in [0.2, 0.25) is 0 Å². The maximum absolute atomic E-state index is 12.7. The van der Waals surface area contributed by atoms with Gasteiger partial charge in [-0.15, -0.1) is 0 Å². The smallest absolute Gasteiger partial charge is 0.416 e. The first-order valence-electron chi connectivity index (χ1n) is 8.13. The van der Waals surface area contributed by atoms with Crippen LogP contribution in [-0.2, 0) is 17.5 Å². The molecule has 0 radical (unpaired) electrons. The summed E-state index contributed by atoms with van der Waals surface area (Å²) in [6.07, 6.45) is -1.40. The molecule has 2 rings (SSSR count). The average Bonchev–Trinajstić information content (AvgIpc) is 2.57. The number of benzene rings is 2. The lowest BCUT2D eigenvalue weighted by atomic mass is 10.1. The van der Waals surface area contributed by atoms with Crippen molar-refractivity contribution in [2.45, 2.75) is 32.7 Å². The Hall–Kier alpha value is -2.76. The highest BCUT2D eigenvalue weighted by Crippen LogP contribution is 2.29. The highest BCUT2D eigenvalue weighted by molar-refractivity contribution is 5.91. The van der Waals surface area contributed by atoms with Gasteiger partial charge >= 0.3 is 6.18 Å². The number of hydrogen-bond acceptors (Lipinski definition) is 2. The van der Waals surface area contributed by atoms with Gasteiger partial charge in [-0.2, -0.15) is 13.2 Å². The first-order valence-corrected chi connectivity index (χ1v) is 8.13. The van der Waals surface area contributed by atoms with Gasteiger partial charge in [-0.3, -0.25) is 4.79 Å². The van der Waals surface area contributed by atoms with Crippen molar-refractivity contribution in [1.82, 2.24) is 5.32 Å². The average molecular weight is 363 g/mol. The molecule has 6 heteroatoms. The Morgan fingerprint density at radius 2 is 1.88 bits per heavy atom. The van der Waals surface area contributed by atoms with Gasteiger partial charge in [-0.25, -0.2) is 0 Å². The molecule has 0 saturated heterocycles. The van der Waals surface area contributed by atoms with E-state index in [1.165, 1.54) is 18.2 Å². The minimum absolute atomic E-state index is 0.0175. The molecule has 0 aliphatic carbocycles. The molecule has 0 saturated carbocycles. The summed E-state index contributed by atoms with van der Waals surface area (Å²) in [5.74, 6) is 0.309. The molecule has 0 unspecified atom stereocenters. The Bertz CT molecular complexity index is 783. The topological polar surface area (TPSA) is 38.3 Å². The fraction of sp³-hybridized carbons (Fsp3) is 0.250. The minimum Gasteiger partial charge on any atom is -0.491 e. The van der Waals surface area contributed by atoms with E-state index in [4.69, 9.17) is 4.74 Å². The maximum Gasteiger partial charge on any atom is 0.416 e. The summed E-state index contributed by atoms with van der Waals surface area (Å²) in [4.78, 5) is 11.9. The summed E-state index contributed by atoms with van der Waals surface area (Å²) in [7, 11) is 0. The number of amides is 1. The van der Waals surface area contributed by atoms with E-state index in [2.05, 4.69) is 5.32 Å². The molecule has 0 spiro atoms. The van der Waals surface area contributed by atoms with Gasteiger partial charge in [0.25, 0.3) is 0 Å². The summed E-state index contributed by atoms with van der Waals surface area (Å²) >= 11 is 0. The van der Waals surface area contributed by atoms with Crippen LogP contribution in [0, 0.1) is 0 Å². The van der Waals surface area contributed by atoms with E-state index in [1.807, 2.05) is 32.0 Å². The molecule has 0 aromatic heterocycles. The Kier molecular flexibility index (Phi) is 6.44. The Morgan fingerprint density at radius 1 is 1.15 bits per heavy atom. The van der Waals surface area contributed by atoms with E-state index in [9.17, 15) is 18.0 Å². The van der Waals surface area contributed by atoms with Gasteiger partial charge < -0.3 is 10.1 Å². The van der Waals surface area contributed by atoms with Crippen LogP contribution in [0.5, 0.6) is 5.75 Å². The summed E-state index contributed by atoms with van der Waals surface area (Å²) in [5.41, 5.74) is 0.438. The highest BCUT2D eigenvalue weighted by atomic mass is 19.4. The lowest BCUT2D eigenvalue weighted by Crippen LogP contribution is -2.20. The van der Waals surface area contributed by atoms with Crippen molar-refractivity contribution in [2.24, 2.45) is 0 Å². The Balaban J connectivity index is 1.94. The van der Waals surface area contributed by atoms with Crippen LogP contribution in [0.1, 0.15) is 30.5 Å². The number of carbonyl (C=O) groups excluding carboxylic acids is 1. The number of carbonyl (C=O) groups is 1. The van der Waals surface area contributed by atoms with Crippen molar-refractivity contribution in [1.29, 1.82) is 0 Å². The molecule has 2 aromatic carbocycles. The van der Waals surface area contributed by atoms with Gasteiger partial charge in [0.1, 0.15) is 5.75 Å². The van der Waals surface area contributed by atoms with Crippen molar-refractivity contribution in [3.8, 4) is 5.75 Å². The quantitative estimate of drug-likeness (QED) is 0.747. The van der Waals surface area contributed by atoms with Crippen LogP contribution < -0.4 is 10.1 Å². The third kappa shape index (κ3) is 6.27. The van der Waals surface area contributed by atoms with Gasteiger partial charge in [0.2, 0.25) is 5.91 Å². The van der Waals surface area contributed by atoms with Crippen LogP contribution in [0.4, 0.5) is 13.2 Å². The number of ether oxygens (including phenoxy) is 1. The first-order chi connectivity index (χ1) is 12.2. The summed E-state index contributed by atoms with van der Waals surface area (Å²) in [6.45, 7) is 3.86.